The number of nitrogens with zero attached hydrogens (tertiary/aromatic N) is 3. The van der Waals surface area contributed by atoms with E-state index in [1.807, 2.05) is 35.2 Å². The van der Waals surface area contributed by atoms with Crippen LogP contribution in [0.5, 0.6) is 17.2 Å². The van der Waals surface area contributed by atoms with Crippen molar-refractivity contribution in [3.8, 4) is 17.2 Å². The number of fused-ring (bicyclic) bond motifs is 2. The second-order valence-electron chi connectivity index (χ2n) is 7.99. The van der Waals surface area contributed by atoms with Crippen molar-refractivity contribution in [3.63, 3.8) is 0 Å². The van der Waals surface area contributed by atoms with Crippen LogP contribution in [0.3, 0.4) is 0 Å². The molecule has 162 valence electrons. The van der Waals surface area contributed by atoms with Gasteiger partial charge >= 0.3 is 0 Å². The molecule has 1 fully saturated rings. The highest BCUT2D eigenvalue weighted by Crippen LogP contribution is 2.34. The Morgan fingerprint density at radius 2 is 1.74 bits per heavy atom. The number of anilines is 1. The van der Waals surface area contributed by atoms with Gasteiger partial charge in [-0.2, -0.15) is 0 Å². The van der Waals surface area contributed by atoms with Gasteiger partial charge in [0.15, 0.2) is 17.6 Å². The number of hydrogen-bond donors (Lipinski definition) is 0. The van der Waals surface area contributed by atoms with Gasteiger partial charge in [-0.05, 0) is 29.8 Å². The Morgan fingerprint density at radius 3 is 2.55 bits per heavy atom. The molecule has 8 nitrogen and oxygen atoms in total. The molecule has 2 aromatic rings. The maximum Gasteiger partial charge on any atom is 0.265 e. The molecule has 8 heteroatoms. The average molecular weight is 423 g/mol. The molecule has 0 bridgehead atoms. The molecule has 3 aliphatic heterocycles. The standard InChI is InChI=1S/C23H25N3O5/c1-16(27)26-14-22(31-19-5-3-2-4-18(19)26)23(28)25-10-8-24(9-11-25)13-17-6-7-20-21(12-17)30-15-29-20/h2-7,12,22H,8-11,13-15H2,1H3/t22-/m0/s1. The van der Waals surface area contributed by atoms with Gasteiger partial charge in [-0.1, -0.05) is 18.2 Å². The van der Waals surface area contributed by atoms with E-state index in [9.17, 15) is 9.59 Å². The Morgan fingerprint density at radius 1 is 0.968 bits per heavy atom. The molecule has 0 spiro atoms. The summed E-state index contributed by atoms with van der Waals surface area (Å²) in [5, 5.41) is 0. The molecular formula is C23H25N3O5. The third-order valence-electron chi connectivity index (χ3n) is 5.96. The summed E-state index contributed by atoms with van der Waals surface area (Å²) in [6.07, 6.45) is -0.681. The predicted octanol–water partition coefficient (Wildman–Crippen LogP) is 1.87. The van der Waals surface area contributed by atoms with E-state index in [2.05, 4.69) is 11.0 Å². The highest BCUT2D eigenvalue weighted by molar-refractivity contribution is 5.95. The van der Waals surface area contributed by atoms with Gasteiger partial charge in [0, 0.05) is 39.6 Å². The molecule has 0 aromatic heterocycles. The molecule has 0 radical (unpaired) electrons. The van der Waals surface area contributed by atoms with Gasteiger partial charge in [0.2, 0.25) is 12.7 Å². The summed E-state index contributed by atoms with van der Waals surface area (Å²) in [5.74, 6) is 1.98. The zero-order valence-electron chi connectivity index (χ0n) is 17.5. The first-order valence-electron chi connectivity index (χ1n) is 10.5. The van der Waals surface area contributed by atoms with Crippen LogP contribution in [0.25, 0.3) is 0 Å². The highest BCUT2D eigenvalue weighted by atomic mass is 16.7. The maximum absolute atomic E-state index is 13.1. The number of benzene rings is 2. The summed E-state index contributed by atoms with van der Waals surface area (Å²) in [6.45, 7) is 5.63. The number of ether oxygens (including phenoxy) is 3. The topological polar surface area (TPSA) is 71.6 Å². The first-order valence-corrected chi connectivity index (χ1v) is 10.5. The largest absolute Gasteiger partial charge is 0.476 e. The van der Waals surface area contributed by atoms with Crippen LogP contribution >= 0.6 is 0 Å². The van der Waals surface area contributed by atoms with Crippen molar-refractivity contribution in [2.45, 2.75) is 19.6 Å². The highest BCUT2D eigenvalue weighted by Gasteiger charge is 2.36. The fourth-order valence-electron chi connectivity index (χ4n) is 4.29. The zero-order chi connectivity index (χ0) is 21.4. The van der Waals surface area contributed by atoms with Crippen LogP contribution in [0.4, 0.5) is 5.69 Å². The lowest BCUT2D eigenvalue weighted by Crippen LogP contribution is -2.56. The Balaban J connectivity index is 1.20. The van der Waals surface area contributed by atoms with Crippen molar-refractivity contribution < 1.29 is 23.8 Å². The fourth-order valence-corrected chi connectivity index (χ4v) is 4.29. The lowest BCUT2D eigenvalue weighted by Gasteiger charge is -2.39. The van der Waals surface area contributed by atoms with Gasteiger partial charge in [0.25, 0.3) is 5.91 Å². The minimum Gasteiger partial charge on any atom is -0.476 e. The summed E-state index contributed by atoms with van der Waals surface area (Å²) in [6, 6.07) is 13.4. The number of hydrogen-bond acceptors (Lipinski definition) is 6. The molecule has 2 amide bonds. The number of carbonyl (C=O) groups is 2. The molecule has 1 atom stereocenters. The van der Waals surface area contributed by atoms with Crippen LogP contribution in [-0.4, -0.2) is 67.2 Å². The fraction of sp³-hybridized carbons (Fsp3) is 0.391. The van der Waals surface area contributed by atoms with E-state index in [0.29, 0.717) is 24.5 Å². The second-order valence-corrected chi connectivity index (χ2v) is 7.99. The van der Waals surface area contributed by atoms with E-state index in [1.54, 1.807) is 11.0 Å². The van der Waals surface area contributed by atoms with Crippen LogP contribution in [0.2, 0.25) is 0 Å². The lowest BCUT2D eigenvalue weighted by atomic mass is 10.1. The smallest absolute Gasteiger partial charge is 0.265 e. The number of amides is 2. The van der Waals surface area contributed by atoms with E-state index >= 15 is 0 Å². The van der Waals surface area contributed by atoms with E-state index in [-0.39, 0.29) is 25.2 Å². The van der Waals surface area contributed by atoms with Gasteiger partial charge in [-0.25, -0.2) is 0 Å². The average Bonchev–Trinajstić information content (AvgIpc) is 3.26. The molecule has 3 heterocycles. The van der Waals surface area contributed by atoms with Crippen LogP contribution in [0, 0.1) is 0 Å². The lowest BCUT2D eigenvalue weighted by molar-refractivity contribution is -0.140. The number of rotatable bonds is 3. The minimum absolute atomic E-state index is 0.0662. The normalized spacial score (nSPS) is 20.2. The van der Waals surface area contributed by atoms with Crippen LogP contribution < -0.4 is 19.1 Å². The second kappa shape index (κ2) is 8.11. The first-order chi connectivity index (χ1) is 15.1. The molecule has 0 N–H and O–H groups in total. The van der Waals surface area contributed by atoms with E-state index in [1.165, 1.54) is 6.92 Å². The van der Waals surface area contributed by atoms with Gasteiger partial charge < -0.3 is 24.0 Å². The molecule has 0 saturated carbocycles. The summed E-state index contributed by atoms with van der Waals surface area (Å²) in [7, 11) is 0. The quantitative estimate of drug-likeness (QED) is 0.751. The summed E-state index contributed by atoms with van der Waals surface area (Å²) in [4.78, 5) is 31.0. The van der Waals surface area contributed by atoms with Gasteiger partial charge in [-0.3, -0.25) is 14.5 Å². The molecule has 3 aliphatic rings. The van der Waals surface area contributed by atoms with Crippen molar-refractivity contribution in [2.24, 2.45) is 0 Å². The van der Waals surface area contributed by atoms with Crippen molar-refractivity contribution >= 4 is 17.5 Å². The van der Waals surface area contributed by atoms with Crippen LogP contribution in [-0.2, 0) is 16.1 Å². The Labute approximate surface area is 180 Å². The number of piperazine rings is 1. The first kappa shape index (κ1) is 19.7. The predicted molar refractivity (Wildman–Crippen MR) is 113 cm³/mol. The monoisotopic (exact) mass is 423 g/mol. The summed E-state index contributed by atoms with van der Waals surface area (Å²) >= 11 is 0. The third kappa shape index (κ3) is 3.90. The molecule has 31 heavy (non-hydrogen) atoms. The summed E-state index contributed by atoms with van der Waals surface area (Å²) < 4.78 is 16.8. The van der Waals surface area contributed by atoms with Gasteiger partial charge in [-0.15, -0.1) is 0 Å². The third-order valence-corrected chi connectivity index (χ3v) is 5.96. The van der Waals surface area contributed by atoms with Gasteiger partial charge in [0.1, 0.15) is 5.75 Å². The molecule has 1 saturated heterocycles. The van der Waals surface area contributed by atoms with Crippen molar-refractivity contribution in [1.29, 1.82) is 0 Å². The van der Waals surface area contributed by atoms with Crippen molar-refractivity contribution in [2.75, 3.05) is 44.4 Å². The SMILES string of the molecule is CC(=O)N1C[C@@H](C(=O)N2CCN(Cc3ccc4c(c3)OCO4)CC2)Oc2ccccc21. The van der Waals surface area contributed by atoms with Gasteiger partial charge in [0.05, 0.1) is 12.2 Å². The molecule has 5 rings (SSSR count). The van der Waals surface area contributed by atoms with Crippen molar-refractivity contribution in [3.05, 3.63) is 48.0 Å². The zero-order valence-corrected chi connectivity index (χ0v) is 17.5. The van der Waals surface area contributed by atoms with Crippen LogP contribution in [0.1, 0.15) is 12.5 Å². The maximum atomic E-state index is 13.1. The number of para-hydroxylation sites is 2. The van der Waals surface area contributed by atoms with Crippen LogP contribution in [0.15, 0.2) is 42.5 Å². The Bertz CT molecular complexity index is 1000. The Hall–Kier alpha value is -3.26. The molecule has 2 aromatic carbocycles. The molecular weight excluding hydrogens is 398 g/mol. The number of carbonyl (C=O) groups excluding carboxylic acids is 2. The van der Waals surface area contributed by atoms with E-state index in [0.717, 1.165) is 36.7 Å². The Kier molecular flexibility index (Phi) is 5.15. The van der Waals surface area contributed by atoms with E-state index < -0.39 is 6.10 Å². The molecule has 0 aliphatic carbocycles. The minimum atomic E-state index is -0.681. The van der Waals surface area contributed by atoms with E-state index in [4.69, 9.17) is 14.2 Å². The molecule has 0 unspecified atom stereocenters. The van der Waals surface area contributed by atoms with Crippen molar-refractivity contribution in [1.82, 2.24) is 9.80 Å². The summed E-state index contributed by atoms with van der Waals surface area (Å²) in [5.41, 5.74) is 1.88.